The van der Waals surface area contributed by atoms with E-state index in [4.69, 9.17) is 0 Å². The van der Waals surface area contributed by atoms with Crippen LogP contribution in [0.1, 0.15) is 52.7 Å². The topological polar surface area (TPSA) is 0 Å². The fraction of sp³-hybridized carbons (Fsp3) is 0.625. The van der Waals surface area contributed by atoms with Crippen LogP contribution >= 0.6 is 0 Å². The number of rotatable bonds is 2. The predicted molar refractivity (Wildman–Crippen MR) is 72.8 cm³/mol. The summed E-state index contributed by atoms with van der Waals surface area (Å²) in [5.41, 5.74) is 3.77. The molecule has 1 rings (SSSR count). The van der Waals surface area contributed by atoms with Gasteiger partial charge < -0.3 is 0 Å². The first-order valence-electron chi connectivity index (χ1n) is 6.24. The van der Waals surface area contributed by atoms with Crippen LogP contribution < -0.4 is 0 Å². The zero-order valence-corrected chi connectivity index (χ0v) is 11.7. The van der Waals surface area contributed by atoms with Gasteiger partial charge in [-0.25, -0.2) is 0 Å². The van der Waals surface area contributed by atoms with Gasteiger partial charge >= 0.3 is 0 Å². The smallest absolute Gasteiger partial charge is 0.0227 e. The van der Waals surface area contributed by atoms with Crippen molar-refractivity contribution in [2.24, 2.45) is 10.8 Å². The third kappa shape index (κ3) is 4.83. The standard InChI is InChI=1S/C16H26/c1-15(2,3)11-13-9-7-8-10-14(13)12-16(4,5)6/h7-10H,11-12H2,1-6H3. The Morgan fingerprint density at radius 3 is 1.25 bits per heavy atom. The lowest BCUT2D eigenvalue weighted by atomic mass is 9.81. The number of hydrogen-bond donors (Lipinski definition) is 0. The van der Waals surface area contributed by atoms with E-state index < -0.39 is 0 Å². The van der Waals surface area contributed by atoms with Gasteiger partial charge in [0.25, 0.3) is 0 Å². The van der Waals surface area contributed by atoms with E-state index in [9.17, 15) is 0 Å². The summed E-state index contributed by atoms with van der Waals surface area (Å²) in [6.45, 7) is 13.8. The van der Waals surface area contributed by atoms with Crippen LogP contribution in [0.3, 0.4) is 0 Å². The minimum atomic E-state index is 0.369. The van der Waals surface area contributed by atoms with Gasteiger partial charge in [0.1, 0.15) is 0 Å². The molecule has 0 aromatic heterocycles. The molecule has 0 saturated carbocycles. The highest BCUT2D eigenvalue weighted by atomic mass is 14.2. The normalized spacial score (nSPS) is 12.9. The summed E-state index contributed by atoms with van der Waals surface area (Å²) in [7, 11) is 0. The predicted octanol–water partition coefficient (Wildman–Crippen LogP) is 4.86. The molecule has 0 heterocycles. The summed E-state index contributed by atoms with van der Waals surface area (Å²) in [6.07, 6.45) is 2.33. The lowest BCUT2D eigenvalue weighted by molar-refractivity contribution is 0.392. The van der Waals surface area contributed by atoms with Crippen molar-refractivity contribution in [3.05, 3.63) is 35.4 Å². The second kappa shape index (κ2) is 4.61. The van der Waals surface area contributed by atoms with E-state index >= 15 is 0 Å². The van der Waals surface area contributed by atoms with Gasteiger partial charge in [0, 0.05) is 0 Å². The molecule has 0 amide bonds. The van der Waals surface area contributed by atoms with Crippen molar-refractivity contribution in [2.45, 2.75) is 54.4 Å². The Balaban J connectivity index is 2.92. The highest BCUT2D eigenvalue weighted by Crippen LogP contribution is 2.27. The second-order valence-corrected chi connectivity index (χ2v) is 7.24. The lowest BCUT2D eigenvalue weighted by Gasteiger charge is -2.24. The van der Waals surface area contributed by atoms with Crippen molar-refractivity contribution in [2.75, 3.05) is 0 Å². The SMILES string of the molecule is CC(C)(C)Cc1ccccc1CC(C)(C)C. The van der Waals surface area contributed by atoms with Crippen LogP contribution in [0.15, 0.2) is 24.3 Å². The van der Waals surface area contributed by atoms with Gasteiger partial charge in [-0.15, -0.1) is 0 Å². The van der Waals surface area contributed by atoms with Gasteiger partial charge in [-0.05, 0) is 34.8 Å². The van der Waals surface area contributed by atoms with E-state index in [0.717, 1.165) is 0 Å². The van der Waals surface area contributed by atoms with Gasteiger partial charge in [0.05, 0.1) is 0 Å². The Hall–Kier alpha value is -0.780. The summed E-state index contributed by atoms with van der Waals surface area (Å²) >= 11 is 0. The molecule has 0 nitrogen and oxygen atoms in total. The number of benzene rings is 1. The Morgan fingerprint density at radius 1 is 0.688 bits per heavy atom. The Bertz CT molecular complexity index is 299. The van der Waals surface area contributed by atoms with Crippen LogP contribution in [0.4, 0.5) is 0 Å². The molecule has 0 fully saturated rings. The van der Waals surface area contributed by atoms with Crippen molar-refractivity contribution >= 4 is 0 Å². The van der Waals surface area contributed by atoms with E-state index in [1.54, 1.807) is 0 Å². The summed E-state index contributed by atoms with van der Waals surface area (Å²) in [4.78, 5) is 0. The summed E-state index contributed by atoms with van der Waals surface area (Å²) in [6, 6.07) is 8.89. The maximum Gasteiger partial charge on any atom is -0.0227 e. The van der Waals surface area contributed by atoms with E-state index in [2.05, 4.69) is 65.8 Å². The second-order valence-electron chi connectivity index (χ2n) is 7.24. The maximum atomic E-state index is 2.31. The molecule has 0 aliphatic heterocycles. The van der Waals surface area contributed by atoms with Crippen LogP contribution in [-0.2, 0) is 12.8 Å². The van der Waals surface area contributed by atoms with Crippen molar-refractivity contribution in [3.8, 4) is 0 Å². The molecule has 0 heteroatoms. The molecular formula is C16H26. The summed E-state index contributed by atoms with van der Waals surface area (Å²) in [5.74, 6) is 0. The van der Waals surface area contributed by atoms with Crippen molar-refractivity contribution < 1.29 is 0 Å². The molecular weight excluding hydrogens is 192 g/mol. The zero-order valence-electron chi connectivity index (χ0n) is 11.7. The molecule has 90 valence electrons. The highest BCUT2D eigenvalue weighted by Gasteiger charge is 2.17. The minimum Gasteiger partial charge on any atom is -0.0620 e. The van der Waals surface area contributed by atoms with Gasteiger partial charge in [0.2, 0.25) is 0 Å². The van der Waals surface area contributed by atoms with E-state index in [0.29, 0.717) is 10.8 Å². The van der Waals surface area contributed by atoms with E-state index in [1.807, 2.05) is 0 Å². The highest BCUT2D eigenvalue weighted by molar-refractivity contribution is 5.28. The number of hydrogen-bond acceptors (Lipinski definition) is 0. The molecule has 0 radical (unpaired) electrons. The molecule has 0 saturated heterocycles. The van der Waals surface area contributed by atoms with Crippen LogP contribution in [-0.4, -0.2) is 0 Å². The lowest BCUT2D eigenvalue weighted by Crippen LogP contribution is -2.15. The third-order valence-electron chi connectivity index (χ3n) is 2.56. The zero-order chi connectivity index (χ0) is 12.4. The van der Waals surface area contributed by atoms with Crippen LogP contribution in [0.2, 0.25) is 0 Å². The molecule has 0 spiro atoms. The quantitative estimate of drug-likeness (QED) is 0.664. The molecule has 0 aliphatic carbocycles. The van der Waals surface area contributed by atoms with Crippen LogP contribution in [0.25, 0.3) is 0 Å². The summed E-state index contributed by atoms with van der Waals surface area (Å²) in [5, 5.41) is 0. The Morgan fingerprint density at radius 2 is 1.00 bits per heavy atom. The average molecular weight is 218 g/mol. The molecule has 0 atom stereocenters. The van der Waals surface area contributed by atoms with Crippen molar-refractivity contribution in [3.63, 3.8) is 0 Å². The average Bonchev–Trinajstić information content (AvgIpc) is 2.03. The van der Waals surface area contributed by atoms with E-state index in [1.165, 1.54) is 24.0 Å². The van der Waals surface area contributed by atoms with E-state index in [-0.39, 0.29) is 0 Å². The Kier molecular flexibility index (Phi) is 3.83. The molecule has 0 N–H and O–H groups in total. The fourth-order valence-electron chi connectivity index (χ4n) is 2.05. The van der Waals surface area contributed by atoms with Gasteiger partial charge in [-0.3, -0.25) is 0 Å². The monoisotopic (exact) mass is 218 g/mol. The molecule has 0 bridgehead atoms. The molecule has 16 heavy (non-hydrogen) atoms. The fourth-order valence-corrected chi connectivity index (χ4v) is 2.05. The van der Waals surface area contributed by atoms with Gasteiger partial charge in [-0.2, -0.15) is 0 Å². The van der Waals surface area contributed by atoms with Crippen LogP contribution in [0.5, 0.6) is 0 Å². The molecule has 0 aliphatic rings. The van der Waals surface area contributed by atoms with Crippen molar-refractivity contribution in [1.29, 1.82) is 0 Å². The minimum absolute atomic E-state index is 0.369. The summed E-state index contributed by atoms with van der Waals surface area (Å²) < 4.78 is 0. The van der Waals surface area contributed by atoms with Gasteiger partial charge in [-0.1, -0.05) is 65.8 Å². The largest absolute Gasteiger partial charge is 0.0620 e. The first-order chi connectivity index (χ1) is 7.17. The molecule has 0 unspecified atom stereocenters. The Labute approximate surface area is 101 Å². The molecule has 1 aromatic carbocycles. The van der Waals surface area contributed by atoms with Crippen LogP contribution in [0, 0.1) is 10.8 Å². The third-order valence-corrected chi connectivity index (χ3v) is 2.56. The van der Waals surface area contributed by atoms with Gasteiger partial charge in [0.15, 0.2) is 0 Å². The first-order valence-corrected chi connectivity index (χ1v) is 6.24. The van der Waals surface area contributed by atoms with Crippen molar-refractivity contribution in [1.82, 2.24) is 0 Å². The maximum absolute atomic E-state index is 2.31. The molecule has 1 aromatic rings. The first kappa shape index (κ1) is 13.3.